The SMILES string of the molecule is Cc1ccccc1N1CC(c2nnc(NC(=O)c3cc([N+](=O)[O-])cc([N+](=O)[O-])c3)s2)CC1=O. The quantitative estimate of drug-likeness (QED) is 0.425. The number of nitro benzene ring substituents is 2. The summed E-state index contributed by atoms with van der Waals surface area (Å²) in [6.07, 6.45) is 0.244. The summed E-state index contributed by atoms with van der Waals surface area (Å²) in [5.74, 6) is -1.05. The van der Waals surface area contributed by atoms with Gasteiger partial charge in [0, 0.05) is 36.7 Å². The predicted octanol–water partition coefficient (Wildman–Crippen LogP) is 3.44. The molecule has 0 radical (unpaired) electrons. The highest BCUT2D eigenvalue weighted by Crippen LogP contribution is 2.35. The second kappa shape index (κ2) is 8.70. The number of nitrogens with zero attached hydrogens (tertiary/aromatic N) is 5. The van der Waals surface area contributed by atoms with Crippen LogP contribution in [0.2, 0.25) is 0 Å². The Morgan fingerprint density at radius 3 is 2.42 bits per heavy atom. The lowest BCUT2D eigenvalue weighted by Gasteiger charge is -2.18. The molecule has 1 unspecified atom stereocenters. The average molecular weight is 468 g/mol. The molecule has 0 aliphatic carbocycles. The van der Waals surface area contributed by atoms with Crippen LogP contribution in [0.4, 0.5) is 22.2 Å². The van der Waals surface area contributed by atoms with Crippen LogP contribution in [-0.2, 0) is 4.79 Å². The molecule has 2 amide bonds. The second-order valence-electron chi connectivity index (χ2n) is 7.34. The van der Waals surface area contributed by atoms with Crippen molar-refractivity contribution in [1.82, 2.24) is 10.2 Å². The minimum atomic E-state index is -0.815. The standard InChI is InChI=1S/C20H16N6O6S/c1-11-4-2-3-5-16(11)24-10-13(8-17(24)27)19-22-23-20(33-19)21-18(28)12-6-14(25(29)30)9-15(7-12)26(31)32/h2-7,9,13H,8,10H2,1H3,(H,21,23,28). The van der Waals surface area contributed by atoms with Crippen molar-refractivity contribution >= 4 is 45.3 Å². The molecule has 4 rings (SSSR count). The van der Waals surface area contributed by atoms with Crippen molar-refractivity contribution in [2.75, 3.05) is 16.8 Å². The fourth-order valence-electron chi connectivity index (χ4n) is 3.53. The lowest BCUT2D eigenvalue weighted by Crippen LogP contribution is -2.25. The number of rotatable bonds is 6. The van der Waals surface area contributed by atoms with Gasteiger partial charge in [0.25, 0.3) is 17.3 Å². The molecule has 168 valence electrons. The Kier molecular flexibility index (Phi) is 5.79. The summed E-state index contributed by atoms with van der Waals surface area (Å²) in [6.45, 7) is 2.34. The highest BCUT2D eigenvalue weighted by atomic mass is 32.1. The molecule has 1 aliphatic rings. The number of aryl methyl sites for hydroxylation is 1. The number of non-ortho nitro benzene ring substituents is 2. The van der Waals surface area contributed by atoms with Crippen LogP contribution in [0.5, 0.6) is 0 Å². The monoisotopic (exact) mass is 468 g/mol. The van der Waals surface area contributed by atoms with E-state index in [9.17, 15) is 29.8 Å². The molecule has 1 aliphatic heterocycles. The molecule has 1 N–H and O–H groups in total. The van der Waals surface area contributed by atoms with Gasteiger partial charge in [0.1, 0.15) is 5.01 Å². The van der Waals surface area contributed by atoms with E-state index >= 15 is 0 Å². The summed E-state index contributed by atoms with van der Waals surface area (Å²) in [5, 5.41) is 33.2. The van der Waals surface area contributed by atoms with E-state index in [4.69, 9.17) is 0 Å². The van der Waals surface area contributed by atoms with Crippen LogP contribution in [0.1, 0.15) is 33.3 Å². The number of hydrogen-bond donors (Lipinski definition) is 1. The summed E-state index contributed by atoms with van der Waals surface area (Å²) >= 11 is 1.08. The summed E-state index contributed by atoms with van der Waals surface area (Å²) in [7, 11) is 0. The maximum absolute atomic E-state index is 12.6. The topological polar surface area (TPSA) is 161 Å². The maximum Gasteiger partial charge on any atom is 0.277 e. The van der Waals surface area contributed by atoms with Gasteiger partial charge in [-0.3, -0.25) is 35.1 Å². The van der Waals surface area contributed by atoms with Crippen molar-refractivity contribution in [3.05, 3.63) is 78.8 Å². The van der Waals surface area contributed by atoms with Crippen LogP contribution in [0.3, 0.4) is 0 Å². The Bertz CT molecular complexity index is 1260. The third-order valence-electron chi connectivity index (χ3n) is 5.13. The lowest BCUT2D eigenvalue weighted by atomic mass is 10.1. The Balaban J connectivity index is 1.50. The summed E-state index contributed by atoms with van der Waals surface area (Å²) in [6, 6.07) is 10.2. The van der Waals surface area contributed by atoms with E-state index in [1.165, 1.54) is 0 Å². The van der Waals surface area contributed by atoms with Gasteiger partial charge in [0.15, 0.2) is 0 Å². The highest BCUT2D eigenvalue weighted by Gasteiger charge is 2.34. The first kappa shape index (κ1) is 22.0. The van der Waals surface area contributed by atoms with Gasteiger partial charge < -0.3 is 4.90 Å². The van der Waals surface area contributed by atoms with Crippen molar-refractivity contribution in [2.45, 2.75) is 19.3 Å². The highest BCUT2D eigenvalue weighted by molar-refractivity contribution is 7.15. The normalized spacial score (nSPS) is 15.5. The van der Waals surface area contributed by atoms with Gasteiger partial charge in [-0.1, -0.05) is 29.5 Å². The number of carbonyl (C=O) groups excluding carboxylic acids is 2. The maximum atomic E-state index is 12.6. The fraction of sp³-hybridized carbons (Fsp3) is 0.200. The lowest BCUT2D eigenvalue weighted by molar-refractivity contribution is -0.394. The first-order valence-corrected chi connectivity index (χ1v) is 10.5. The summed E-state index contributed by atoms with van der Waals surface area (Å²) < 4.78 is 0. The van der Waals surface area contributed by atoms with Crippen molar-refractivity contribution in [1.29, 1.82) is 0 Å². The van der Waals surface area contributed by atoms with Crippen molar-refractivity contribution in [3.63, 3.8) is 0 Å². The first-order valence-electron chi connectivity index (χ1n) is 9.67. The molecule has 2 aromatic carbocycles. The van der Waals surface area contributed by atoms with Gasteiger partial charge in [-0.2, -0.15) is 0 Å². The molecule has 13 heteroatoms. The van der Waals surface area contributed by atoms with E-state index in [1.54, 1.807) is 4.90 Å². The van der Waals surface area contributed by atoms with E-state index in [-0.39, 0.29) is 28.9 Å². The predicted molar refractivity (Wildman–Crippen MR) is 119 cm³/mol. The summed E-state index contributed by atoms with van der Waals surface area (Å²) in [4.78, 5) is 47.2. The number of carbonyl (C=O) groups is 2. The summed E-state index contributed by atoms with van der Waals surface area (Å²) in [5.41, 5.74) is 0.397. The molecule has 12 nitrogen and oxygen atoms in total. The van der Waals surface area contributed by atoms with Crippen molar-refractivity contribution < 1.29 is 19.4 Å². The molecule has 0 bridgehead atoms. The van der Waals surface area contributed by atoms with Crippen molar-refractivity contribution in [2.24, 2.45) is 0 Å². The Hall–Kier alpha value is -4.26. The molecule has 1 atom stereocenters. The second-order valence-corrected chi connectivity index (χ2v) is 8.35. The van der Waals surface area contributed by atoms with Gasteiger partial charge in [-0.25, -0.2) is 0 Å². The van der Waals surface area contributed by atoms with E-state index in [0.29, 0.717) is 11.6 Å². The number of benzene rings is 2. The van der Waals surface area contributed by atoms with Gasteiger partial charge >= 0.3 is 0 Å². The number of nitro groups is 2. The van der Waals surface area contributed by atoms with Crippen LogP contribution >= 0.6 is 11.3 Å². The molecule has 0 saturated carbocycles. The Labute approximate surface area is 190 Å². The van der Waals surface area contributed by atoms with Crippen LogP contribution in [0.25, 0.3) is 0 Å². The molecule has 0 spiro atoms. The van der Waals surface area contributed by atoms with E-state index < -0.39 is 27.1 Å². The molecule has 1 aromatic heterocycles. The van der Waals surface area contributed by atoms with Gasteiger partial charge in [0.2, 0.25) is 11.0 Å². The van der Waals surface area contributed by atoms with E-state index in [0.717, 1.165) is 40.8 Å². The number of aromatic nitrogens is 2. The molecular weight excluding hydrogens is 452 g/mol. The number of para-hydroxylation sites is 1. The minimum Gasteiger partial charge on any atom is -0.311 e. The number of amides is 2. The fourth-order valence-corrected chi connectivity index (χ4v) is 4.36. The molecular formula is C20H16N6O6S. The third kappa shape index (κ3) is 4.52. The van der Waals surface area contributed by atoms with Crippen LogP contribution in [0, 0.1) is 27.2 Å². The average Bonchev–Trinajstić information content (AvgIpc) is 3.40. The molecule has 1 saturated heterocycles. The largest absolute Gasteiger partial charge is 0.311 e. The zero-order chi connectivity index (χ0) is 23.7. The first-order chi connectivity index (χ1) is 15.7. The van der Waals surface area contributed by atoms with E-state index in [2.05, 4.69) is 15.5 Å². The van der Waals surface area contributed by atoms with E-state index in [1.807, 2.05) is 31.2 Å². The molecule has 1 fully saturated rings. The van der Waals surface area contributed by atoms with Gasteiger partial charge in [-0.15, -0.1) is 10.2 Å². The van der Waals surface area contributed by atoms with Crippen LogP contribution < -0.4 is 10.2 Å². The zero-order valence-electron chi connectivity index (χ0n) is 17.1. The number of nitrogens with one attached hydrogen (secondary N) is 1. The third-order valence-corrected chi connectivity index (χ3v) is 6.13. The van der Waals surface area contributed by atoms with Crippen LogP contribution in [-0.4, -0.2) is 38.4 Å². The Morgan fingerprint density at radius 1 is 1.12 bits per heavy atom. The van der Waals surface area contributed by atoms with Gasteiger partial charge in [-0.05, 0) is 18.6 Å². The Morgan fingerprint density at radius 2 is 1.79 bits per heavy atom. The van der Waals surface area contributed by atoms with Gasteiger partial charge in [0.05, 0.1) is 21.5 Å². The number of hydrogen-bond acceptors (Lipinski definition) is 9. The molecule has 33 heavy (non-hydrogen) atoms. The zero-order valence-corrected chi connectivity index (χ0v) is 17.9. The molecule has 3 aromatic rings. The van der Waals surface area contributed by atoms with Crippen molar-refractivity contribution in [3.8, 4) is 0 Å². The number of anilines is 2. The van der Waals surface area contributed by atoms with Crippen LogP contribution in [0.15, 0.2) is 42.5 Å². The minimum absolute atomic E-state index is 0.0426. The smallest absolute Gasteiger partial charge is 0.277 e. The molecule has 2 heterocycles.